The summed E-state index contributed by atoms with van der Waals surface area (Å²) in [7, 11) is 0. The summed E-state index contributed by atoms with van der Waals surface area (Å²) in [5.41, 5.74) is 0. The van der Waals surface area contributed by atoms with Gasteiger partial charge < -0.3 is 10.1 Å². The molecule has 1 atom stereocenters. The van der Waals surface area contributed by atoms with Gasteiger partial charge in [-0.25, -0.2) is 0 Å². The molecule has 1 aromatic carbocycles. The van der Waals surface area contributed by atoms with Crippen LogP contribution in [0.25, 0.3) is 0 Å². The van der Waals surface area contributed by atoms with Gasteiger partial charge in [0.1, 0.15) is 5.75 Å². The normalized spacial score (nSPS) is 18.3. The van der Waals surface area contributed by atoms with Gasteiger partial charge in [0.15, 0.2) is 6.10 Å². The third kappa shape index (κ3) is 5.41. The average Bonchev–Trinajstić information content (AvgIpc) is 2.48. The van der Waals surface area contributed by atoms with Crippen LogP contribution in [0.15, 0.2) is 30.3 Å². The Bertz CT molecular complexity index is 410. The van der Waals surface area contributed by atoms with E-state index in [0.29, 0.717) is 12.5 Å². The summed E-state index contributed by atoms with van der Waals surface area (Å²) in [5, 5.41) is 3.19. The maximum atomic E-state index is 12.4. The Labute approximate surface area is 128 Å². The zero-order chi connectivity index (χ0) is 14.9. The summed E-state index contributed by atoms with van der Waals surface area (Å²) in [4.78, 5) is 12.4. The number of amides is 1. The lowest BCUT2D eigenvalue weighted by atomic mass is 9.96. The molecule has 0 radical (unpaired) electrons. The van der Waals surface area contributed by atoms with E-state index in [1.54, 1.807) is 0 Å². The van der Waals surface area contributed by atoms with E-state index in [1.165, 1.54) is 32.1 Å². The topological polar surface area (TPSA) is 38.3 Å². The van der Waals surface area contributed by atoms with Crippen molar-refractivity contribution in [3.8, 4) is 5.75 Å². The number of ether oxygens (including phenoxy) is 1. The molecule has 0 heterocycles. The minimum atomic E-state index is -0.391. The van der Waals surface area contributed by atoms with E-state index in [0.717, 1.165) is 18.6 Å². The Hall–Kier alpha value is -1.51. The molecule has 1 aromatic rings. The van der Waals surface area contributed by atoms with E-state index >= 15 is 0 Å². The molecule has 1 aliphatic rings. The van der Waals surface area contributed by atoms with Gasteiger partial charge in [-0.2, -0.15) is 0 Å². The van der Waals surface area contributed by atoms with E-state index in [1.807, 2.05) is 37.3 Å². The second-order valence-corrected chi connectivity index (χ2v) is 5.88. The number of para-hydroxylation sites is 1. The van der Waals surface area contributed by atoms with Crippen molar-refractivity contribution >= 4 is 5.91 Å². The van der Waals surface area contributed by atoms with Crippen LogP contribution < -0.4 is 10.1 Å². The molecule has 1 N–H and O–H groups in total. The molecule has 1 amide bonds. The van der Waals surface area contributed by atoms with Crippen molar-refractivity contribution in [1.82, 2.24) is 5.32 Å². The highest BCUT2D eigenvalue weighted by Crippen LogP contribution is 2.18. The predicted octanol–water partition coefficient (Wildman–Crippen LogP) is 4.07. The molecule has 3 heteroatoms. The van der Waals surface area contributed by atoms with Gasteiger partial charge >= 0.3 is 0 Å². The molecule has 21 heavy (non-hydrogen) atoms. The summed E-state index contributed by atoms with van der Waals surface area (Å²) in [6.45, 7) is 1.99. The van der Waals surface area contributed by atoms with Gasteiger partial charge in [0, 0.05) is 6.04 Å². The molecule has 0 spiro atoms. The highest BCUT2D eigenvalue weighted by Gasteiger charge is 2.21. The van der Waals surface area contributed by atoms with E-state index in [-0.39, 0.29) is 5.91 Å². The number of rotatable bonds is 5. The minimum Gasteiger partial charge on any atom is -0.481 e. The molecule has 116 valence electrons. The van der Waals surface area contributed by atoms with Crippen LogP contribution in [0.4, 0.5) is 0 Å². The summed E-state index contributed by atoms with van der Waals surface area (Å²) in [6, 6.07) is 9.91. The third-order valence-corrected chi connectivity index (χ3v) is 4.14. The predicted molar refractivity (Wildman–Crippen MR) is 85.4 cm³/mol. The Morgan fingerprint density at radius 1 is 1.14 bits per heavy atom. The number of carbonyl (C=O) groups excluding carboxylic acids is 1. The molecule has 3 nitrogen and oxygen atoms in total. The van der Waals surface area contributed by atoms with Crippen LogP contribution in [0.2, 0.25) is 0 Å². The van der Waals surface area contributed by atoms with Gasteiger partial charge in [0.2, 0.25) is 0 Å². The molecule has 1 aliphatic carbocycles. The fraction of sp³-hybridized carbons (Fsp3) is 0.611. The van der Waals surface area contributed by atoms with E-state index in [9.17, 15) is 4.79 Å². The first-order valence-electron chi connectivity index (χ1n) is 8.31. The summed E-state index contributed by atoms with van der Waals surface area (Å²) >= 11 is 0. The monoisotopic (exact) mass is 289 g/mol. The molecular weight excluding hydrogens is 262 g/mol. The van der Waals surface area contributed by atoms with E-state index in [2.05, 4.69) is 5.32 Å². The Morgan fingerprint density at radius 3 is 2.38 bits per heavy atom. The Kier molecular flexibility index (Phi) is 6.58. The first-order chi connectivity index (χ1) is 10.3. The fourth-order valence-electron chi connectivity index (χ4n) is 2.88. The van der Waals surface area contributed by atoms with Crippen molar-refractivity contribution in [2.45, 2.75) is 70.4 Å². The molecule has 0 aliphatic heterocycles. The standard InChI is InChI=1S/C18H27NO2/c1-2-17(21-16-13-9-6-10-14-16)18(20)19-15-11-7-4-3-5-8-12-15/h6,9-10,13-15,17H,2-5,7-8,11-12H2,1H3,(H,19,20)/t17-/m1/s1. The van der Waals surface area contributed by atoms with Crippen molar-refractivity contribution in [3.63, 3.8) is 0 Å². The quantitative estimate of drug-likeness (QED) is 0.887. The van der Waals surface area contributed by atoms with Gasteiger partial charge in [-0.05, 0) is 31.4 Å². The van der Waals surface area contributed by atoms with Gasteiger partial charge in [0.25, 0.3) is 5.91 Å². The van der Waals surface area contributed by atoms with Crippen molar-refractivity contribution in [1.29, 1.82) is 0 Å². The van der Waals surface area contributed by atoms with Crippen LogP contribution in [0.3, 0.4) is 0 Å². The minimum absolute atomic E-state index is 0.0342. The van der Waals surface area contributed by atoms with Crippen LogP contribution in [0, 0.1) is 0 Å². The largest absolute Gasteiger partial charge is 0.481 e. The summed E-state index contributed by atoms with van der Waals surface area (Å²) < 4.78 is 5.81. The molecule has 0 unspecified atom stereocenters. The number of benzene rings is 1. The second kappa shape index (κ2) is 8.71. The maximum absolute atomic E-state index is 12.4. The molecule has 0 aromatic heterocycles. The average molecular weight is 289 g/mol. The van der Waals surface area contributed by atoms with Crippen molar-refractivity contribution in [2.24, 2.45) is 0 Å². The highest BCUT2D eigenvalue weighted by molar-refractivity contribution is 5.81. The van der Waals surface area contributed by atoms with Crippen LogP contribution in [0.1, 0.15) is 58.3 Å². The molecular formula is C18H27NO2. The third-order valence-electron chi connectivity index (χ3n) is 4.14. The fourth-order valence-corrected chi connectivity index (χ4v) is 2.88. The lowest BCUT2D eigenvalue weighted by Crippen LogP contribution is -2.43. The summed E-state index contributed by atoms with van der Waals surface area (Å²) in [6.07, 6.45) is 8.89. The van der Waals surface area contributed by atoms with Crippen molar-refractivity contribution in [3.05, 3.63) is 30.3 Å². The first-order valence-corrected chi connectivity index (χ1v) is 8.31. The van der Waals surface area contributed by atoms with Crippen molar-refractivity contribution < 1.29 is 9.53 Å². The van der Waals surface area contributed by atoms with Crippen LogP contribution >= 0.6 is 0 Å². The number of hydrogen-bond acceptors (Lipinski definition) is 2. The van der Waals surface area contributed by atoms with E-state index in [4.69, 9.17) is 4.74 Å². The van der Waals surface area contributed by atoms with Crippen LogP contribution in [-0.2, 0) is 4.79 Å². The van der Waals surface area contributed by atoms with Crippen molar-refractivity contribution in [2.75, 3.05) is 0 Å². The summed E-state index contributed by atoms with van der Waals surface area (Å²) in [5.74, 6) is 0.795. The van der Waals surface area contributed by atoms with Crippen LogP contribution in [0.5, 0.6) is 5.75 Å². The van der Waals surface area contributed by atoms with Crippen LogP contribution in [-0.4, -0.2) is 18.1 Å². The lowest BCUT2D eigenvalue weighted by molar-refractivity contribution is -0.129. The Morgan fingerprint density at radius 2 is 1.76 bits per heavy atom. The smallest absolute Gasteiger partial charge is 0.261 e. The van der Waals surface area contributed by atoms with Gasteiger partial charge in [0.05, 0.1) is 0 Å². The maximum Gasteiger partial charge on any atom is 0.261 e. The first kappa shape index (κ1) is 15.9. The second-order valence-electron chi connectivity index (χ2n) is 5.88. The Balaban J connectivity index is 1.86. The van der Waals surface area contributed by atoms with Gasteiger partial charge in [-0.3, -0.25) is 4.79 Å². The number of carbonyl (C=O) groups is 1. The SMILES string of the molecule is CC[C@@H](Oc1ccccc1)C(=O)NC1CCCCCCC1. The number of nitrogens with one attached hydrogen (secondary N) is 1. The molecule has 0 bridgehead atoms. The molecule has 1 saturated carbocycles. The zero-order valence-electron chi connectivity index (χ0n) is 13.0. The van der Waals surface area contributed by atoms with Gasteiger partial charge in [-0.1, -0.05) is 57.2 Å². The molecule has 1 fully saturated rings. The molecule has 2 rings (SSSR count). The number of hydrogen-bond donors (Lipinski definition) is 1. The zero-order valence-corrected chi connectivity index (χ0v) is 13.0. The lowest BCUT2D eigenvalue weighted by Gasteiger charge is -2.24. The molecule has 0 saturated heterocycles. The highest BCUT2D eigenvalue weighted by atomic mass is 16.5. The van der Waals surface area contributed by atoms with Gasteiger partial charge in [-0.15, -0.1) is 0 Å². The van der Waals surface area contributed by atoms with E-state index < -0.39 is 6.10 Å².